The molecule has 1 aliphatic rings. The van der Waals surface area contributed by atoms with E-state index in [1.54, 1.807) is 38.3 Å². The number of para-hydroxylation sites is 1. The number of aryl methyl sites for hydroxylation is 3. The lowest BCUT2D eigenvalue weighted by molar-refractivity contribution is -0.133. The lowest BCUT2D eigenvalue weighted by Gasteiger charge is -2.31. The zero-order valence-electron chi connectivity index (χ0n) is 30.7. The minimum atomic E-state index is -1.04. The van der Waals surface area contributed by atoms with Crippen molar-refractivity contribution in [3.05, 3.63) is 64.8 Å². The molecular weight excluding hydrogens is 636 g/mol. The summed E-state index contributed by atoms with van der Waals surface area (Å²) < 4.78 is 7.11. The van der Waals surface area contributed by atoms with Gasteiger partial charge in [-0.2, -0.15) is 0 Å². The number of carbonyl (C=O) groups excluding carboxylic acids is 5. The average molecular weight is 689 g/mol. The van der Waals surface area contributed by atoms with Crippen LogP contribution in [0, 0.1) is 25.7 Å². The first-order valence-corrected chi connectivity index (χ1v) is 17.3. The van der Waals surface area contributed by atoms with E-state index in [1.807, 2.05) is 71.4 Å². The largest absolute Gasteiger partial charge is 0.497 e. The molecule has 0 aliphatic carbocycles. The Hall–Kier alpha value is -4.87. The standard InChI is InChI=1S/C38H52N6O6/c1-21(2)17-29-37(48)41-30(18-26-13-15-27(50-9)16-14-26)36(47)39-25(7)35(46)42-31(22(3)4)19-44(20-32(45)40-29)38(49)34-24(6)28-12-10-11-23(5)33(28)43(34)8/h10-16,21-22,25,29-31H,17-20H2,1-9H3,(H,39,47)(H,40,45)(H,41,48)(H,42,46)/t25-,29+,30+,31-/m1/s1. The zero-order chi connectivity index (χ0) is 36.9. The van der Waals surface area contributed by atoms with E-state index in [4.69, 9.17) is 4.74 Å². The summed E-state index contributed by atoms with van der Waals surface area (Å²) in [6.07, 6.45) is 0.439. The quantitative estimate of drug-likeness (QED) is 0.300. The number of aromatic nitrogens is 1. The van der Waals surface area contributed by atoms with Crippen molar-refractivity contribution in [2.75, 3.05) is 20.2 Å². The summed E-state index contributed by atoms with van der Waals surface area (Å²) in [6.45, 7) is 12.8. The maximum absolute atomic E-state index is 14.5. The van der Waals surface area contributed by atoms with Crippen LogP contribution >= 0.6 is 0 Å². The van der Waals surface area contributed by atoms with Crippen LogP contribution in [-0.4, -0.2) is 83.4 Å². The van der Waals surface area contributed by atoms with Gasteiger partial charge in [-0.3, -0.25) is 24.0 Å². The summed E-state index contributed by atoms with van der Waals surface area (Å²) in [7, 11) is 3.39. The van der Waals surface area contributed by atoms with Crippen molar-refractivity contribution in [3.8, 4) is 5.75 Å². The first kappa shape index (κ1) is 37.9. The van der Waals surface area contributed by atoms with Gasteiger partial charge in [-0.25, -0.2) is 0 Å². The third-order valence-electron chi connectivity index (χ3n) is 9.38. The molecule has 4 atom stereocenters. The molecule has 270 valence electrons. The Morgan fingerprint density at radius 3 is 2.14 bits per heavy atom. The first-order valence-electron chi connectivity index (χ1n) is 17.3. The van der Waals surface area contributed by atoms with E-state index in [0.29, 0.717) is 17.9 Å². The summed E-state index contributed by atoms with van der Waals surface area (Å²) in [6, 6.07) is 9.50. The maximum Gasteiger partial charge on any atom is 0.271 e. The summed E-state index contributed by atoms with van der Waals surface area (Å²) in [5, 5.41) is 12.4. The van der Waals surface area contributed by atoms with E-state index in [-0.39, 0.29) is 37.3 Å². The number of nitrogens with zero attached hydrogens (tertiary/aromatic N) is 2. The summed E-state index contributed by atoms with van der Waals surface area (Å²) in [5.41, 5.74) is 3.92. The Labute approximate surface area is 294 Å². The number of hydrogen-bond acceptors (Lipinski definition) is 6. The SMILES string of the molecule is COc1ccc(C[C@@H]2NC(=O)[C@H](CC(C)C)NC(=O)CN(C(=O)c3c(C)c4cccc(C)c4n3C)C[C@H](C(C)C)NC(=O)[C@@H](C)NC2=O)cc1. The Morgan fingerprint density at radius 1 is 0.880 bits per heavy atom. The van der Waals surface area contributed by atoms with Gasteiger partial charge in [0.15, 0.2) is 0 Å². The maximum atomic E-state index is 14.5. The second-order valence-corrected chi connectivity index (χ2v) is 14.1. The molecule has 4 rings (SSSR count). The van der Waals surface area contributed by atoms with Crippen molar-refractivity contribution in [3.63, 3.8) is 0 Å². The van der Waals surface area contributed by atoms with Gasteiger partial charge in [-0.15, -0.1) is 0 Å². The van der Waals surface area contributed by atoms with Crippen molar-refractivity contribution in [2.45, 2.75) is 85.5 Å². The highest BCUT2D eigenvalue weighted by Gasteiger charge is 2.34. The van der Waals surface area contributed by atoms with E-state index >= 15 is 0 Å². The second kappa shape index (κ2) is 16.2. The number of amides is 5. The van der Waals surface area contributed by atoms with Crippen LogP contribution in [0.2, 0.25) is 0 Å². The van der Waals surface area contributed by atoms with Crippen molar-refractivity contribution < 1.29 is 28.7 Å². The Kier molecular flexibility index (Phi) is 12.3. The van der Waals surface area contributed by atoms with Gasteiger partial charge in [0.05, 0.1) is 19.2 Å². The molecule has 3 aromatic rings. The highest BCUT2D eigenvalue weighted by Crippen LogP contribution is 2.28. The molecule has 1 fully saturated rings. The van der Waals surface area contributed by atoms with Crippen LogP contribution in [0.5, 0.6) is 5.75 Å². The normalized spacial score (nSPS) is 21.3. The fourth-order valence-corrected chi connectivity index (χ4v) is 6.51. The van der Waals surface area contributed by atoms with Crippen LogP contribution in [0.15, 0.2) is 42.5 Å². The molecule has 5 amide bonds. The highest BCUT2D eigenvalue weighted by molar-refractivity contribution is 6.03. The smallest absolute Gasteiger partial charge is 0.271 e. The van der Waals surface area contributed by atoms with Crippen molar-refractivity contribution in [1.82, 2.24) is 30.7 Å². The minimum absolute atomic E-state index is 0.0218. The topological polar surface area (TPSA) is 151 Å². The van der Waals surface area contributed by atoms with Crippen molar-refractivity contribution in [2.24, 2.45) is 18.9 Å². The van der Waals surface area contributed by atoms with Crippen LogP contribution in [0.3, 0.4) is 0 Å². The molecule has 50 heavy (non-hydrogen) atoms. The average Bonchev–Trinajstić information content (AvgIpc) is 3.32. The van der Waals surface area contributed by atoms with Gasteiger partial charge < -0.3 is 35.5 Å². The van der Waals surface area contributed by atoms with Gasteiger partial charge >= 0.3 is 0 Å². The number of ether oxygens (including phenoxy) is 1. The Morgan fingerprint density at radius 2 is 1.54 bits per heavy atom. The first-order chi connectivity index (χ1) is 23.6. The van der Waals surface area contributed by atoms with Crippen LogP contribution < -0.4 is 26.0 Å². The number of hydrogen-bond donors (Lipinski definition) is 4. The molecular formula is C38H52N6O6. The van der Waals surface area contributed by atoms with E-state index in [9.17, 15) is 24.0 Å². The van der Waals surface area contributed by atoms with Gasteiger partial charge in [-0.1, -0.05) is 58.0 Å². The van der Waals surface area contributed by atoms with E-state index < -0.39 is 47.8 Å². The minimum Gasteiger partial charge on any atom is -0.497 e. The molecule has 12 heteroatoms. The molecule has 0 spiro atoms. The lowest BCUT2D eigenvalue weighted by atomic mass is 10.0. The van der Waals surface area contributed by atoms with Crippen LogP contribution in [-0.2, 0) is 32.6 Å². The van der Waals surface area contributed by atoms with Gasteiger partial charge in [-0.05, 0) is 67.9 Å². The molecule has 0 radical (unpaired) electrons. The molecule has 1 saturated heterocycles. The summed E-state index contributed by atoms with van der Waals surface area (Å²) in [4.78, 5) is 70.8. The molecule has 0 saturated carbocycles. The molecule has 0 bridgehead atoms. The molecule has 1 aromatic heterocycles. The zero-order valence-corrected chi connectivity index (χ0v) is 30.7. The van der Waals surface area contributed by atoms with Gasteiger partial charge in [0.25, 0.3) is 5.91 Å². The lowest BCUT2D eigenvalue weighted by Crippen LogP contribution is -2.57. The predicted octanol–water partition coefficient (Wildman–Crippen LogP) is 3.16. The number of carbonyl (C=O) groups is 5. The van der Waals surface area contributed by atoms with Gasteiger partial charge in [0.2, 0.25) is 23.6 Å². The monoisotopic (exact) mass is 688 g/mol. The van der Waals surface area contributed by atoms with Crippen LogP contribution in [0.1, 0.15) is 68.2 Å². The number of benzene rings is 2. The van der Waals surface area contributed by atoms with Crippen molar-refractivity contribution in [1.29, 1.82) is 0 Å². The fraction of sp³-hybridized carbons (Fsp3) is 0.500. The van der Waals surface area contributed by atoms with Crippen LogP contribution in [0.25, 0.3) is 10.9 Å². The molecule has 1 aliphatic heterocycles. The molecule has 2 heterocycles. The summed E-state index contributed by atoms with van der Waals surface area (Å²) >= 11 is 0. The number of fused-ring (bicyclic) bond motifs is 1. The Bertz CT molecular complexity index is 1730. The third-order valence-corrected chi connectivity index (χ3v) is 9.38. The molecule has 4 N–H and O–H groups in total. The molecule has 2 aromatic carbocycles. The third kappa shape index (κ3) is 8.83. The van der Waals surface area contributed by atoms with E-state index in [1.165, 1.54) is 4.90 Å². The van der Waals surface area contributed by atoms with E-state index in [2.05, 4.69) is 21.3 Å². The van der Waals surface area contributed by atoms with Gasteiger partial charge in [0.1, 0.15) is 29.6 Å². The predicted molar refractivity (Wildman–Crippen MR) is 193 cm³/mol. The van der Waals surface area contributed by atoms with Crippen LogP contribution in [0.4, 0.5) is 0 Å². The van der Waals surface area contributed by atoms with Gasteiger partial charge in [0, 0.05) is 31.4 Å². The number of methoxy groups -OCH3 is 1. The Balaban J connectivity index is 1.73. The molecule has 0 unspecified atom stereocenters. The number of nitrogens with one attached hydrogen (secondary N) is 4. The number of rotatable bonds is 7. The fourth-order valence-electron chi connectivity index (χ4n) is 6.51. The second-order valence-electron chi connectivity index (χ2n) is 14.1. The van der Waals surface area contributed by atoms with Crippen molar-refractivity contribution >= 4 is 40.4 Å². The van der Waals surface area contributed by atoms with E-state index in [0.717, 1.165) is 27.6 Å². The highest BCUT2D eigenvalue weighted by atomic mass is 16.5. The summed E-state index contributed by atoms with van der Waals surface area (Å²) in [5.74, 6) is -1.89. The molecule has 12 nitrogen and oxygen atoms in total.